The molecule has 0 fully saturated rings. The van der Waals surface area contributed by atoms with Crippen molar-refractivity contribution < 1.29 is 0 Å². The molecule has 26 heavy (non-hydrogen) atoms. The second-order valence-corrected chi connectivity index (χ2v) is 6.95. The lowest BCUT2D eigenvalue weighted by Crippen LogP contribution is -2.37. The van der Waals surface area contributed by atoms with Crippen molar-refractivity contribution >= 4 is 16.9 Å². The molecule has 134 valence electrons. The zero-order valence-corrected chi connectivity index (χ0v) is 15.6. The predicted octanol–water partition coefficient (Wildman–Crippen LogP) is 1.66. The van der Waals surface area contributed by atoms with Gasteiger partial charge in [0.1, 0.15) is 0 Å². The van der Waals surface area contributed by atoms with Gasteiger partial charge in [0.05, 0.1) is 6.54 Å². The Labute approximate surface area is 149 Å². The first kappa shape index (κ1) is 16.4. The van der Waals surface area contributed by atoms with Crippen molar-refractivity contribution in [1.29, 1.82) is 0 Å². The summed E-state index contributed by atoms with van der Waals surface area (Å²) >= 11 is 0. The summed E-state index contributed by atoms with van der Waals surface area (Å²) in [6.45, 7) is 6.82. The summed E-state index contributed by atoms with van der Waals surface area (Å²) in [7, 11) is 3.13. The smallest absolute Gasteiger partial charge is 0.310 e. The molecular formula is C19H21N5O2. The Bertz CT molecular complexity index is 1300. The van der Waals surface area contributed by atoms with Crippen molar-refractivity contribution in [3.05, 3.63) is 67.6 Å². The standard InChI is InChI=1S/C19H21N5O2/c1-11-6-7-12(2)14(8-11)10-23-13(3)9-24-15-16(20-18(23)24)21(4)19(26)22(5)17(15)25/h6-9H,10H2,1-5H3. The summed E-state index contributed by atoms with van der Waals surface area (Å²) in [5, 5.41) is 0. The number of rotatable bonds is 2. The van der Waals surface area contributed by atoms with Crippen LogP contribution < -0.4 is 11.2 Å². The molecule has 0 saturated heterocycles. The van der Waals surface area contributed by atoms with E-state index in [9.17, 15) is 9.59 Å². The molecule has 0 aliphatic carbocycles. The maximum atomic E-state index is 12.6. The zero-order chi connectivity index (χ0) is 18.7. The number of nitrogens with zero attached hydrogens (tertiary/aromatic N) is 5. The van der Waals surface area contributed by atoms with Gasteiger partial charge in [-0.25, -0.2) is 4.79 Å². The molecular weight excluding hydrogens is 330 g/mol. The van der Waals surface area contributed by atoms with E-state index in [0.29, 0.717) is 23.5 Å². The van der Waals surface area contributed by atoms with Crippen molar-refractivity contribution in [2.75, 3.05) is 0 Å². The third kappa shape index (κ3) is 2.16. The van der Waals surface area contributed by atoms with E-state index in [1.807, 2.05) is 13.1 Å². The molecule has 4 rings (SSSR count). The van der Waals surface area contributed by atoms with Crippen molar-refractivity contribution in [3.8, 4) is 0 Å². The number of aryl methyl sites for hydroxylation is 4. The van der Waals surface area contributed by atoms with Crippen LogP contribution in [0.4, 0.5) is 0 Å². The minimum atomic E-state index is -0.374. The van der Waals surface area contributed by atoms with Gasteiger partial charge >= 0.3 is 5.69 Å². The van der Waals surface area contributed by atoms with Gasteiger partial charge in [-0.3, -0.25) is 18.3 Å². The fraction of sp³-hybridized carbons (Fsp3) is 0.316. The van der Waals surface area contributed by atoms with Crippen molar-refractivity contribution in [3.63, 3.8) is 0 Å². The molecule has 0 atom stereocenters. The monoisotopic (exact) mass is 351 g/mol. The van der Waals surface area contributed by atoms with E-state index in [0.717, 1.165) is 10.3 Å². The molecule has 0 aliphatic heterocycles. The Balaban J connectivity index is 2.03. The maximum absolute atomic E-state index is 12.6. The average Bonchev–Trinajstić information content (AvgIpc) is 3.11. The molecule has 0 N–H and O–H groups in total. The molecule has 0 saturated carbocycles. The van der Waals surface area contributed by atoms with E-state index < -0.39 is 0 Å². The summed E-state index contributed by atoms with van der Waals surface area (Å²) in [5.41, 5.74) is 4.75. The lowest BCUT2D eigenvalue weighted by molar-refractivity contribution is 0.707. The summed E-state index contributed by atoms with van der Waals surface area (Å²) < 4.78 is 6.40. The zero-order valence-electron chi connectivity index (χ0n) is 15.6. The number of aromatic nitrogens is 5. The van der Waals surface area contributed by atoms with Crippen LogP contribution >= 0.6 is 0 Å². The van der Waals surface area contributed by atoms with E-state index in [1.54, 1.807) is 11.4 Å². The van der Waals surface area contributed by atoms with E-state index in [2.05, 4.69) is 41.6 Å². The topological polar surface area (TPSA) is 66.2 Å². The maximum Gasteiger partial charge on any atom is 0.332 e. The molecule has 7 nitrogen and oxygen atoms in total. The molecule has 7 heteroatoms. The first-order valence-corrected chi connectivity index (χ1v) is 8.49. The molecule has 4 aromatic rings. The number of benzene rings is 1. The third-order valence-corrected chi connectivity index (χ3v) is 5.09. The van der Waals surface area contributed by atoms with Gasteiger partial charge in [-0.1, -0.05) is 23.8 Å². The summed E-state index contributed by atoms with van der Waals surface area (Å²) in [6, 6.07) is 6.38. The lowest BCUT2D eigenvalue weighted by Gasteiger charge is -2.10. The first-order chi connectivity index (χ1) is 12.3. The second-order valence-electron chi connectivity index (χ2n) is 6.95. The van der Waals surface area contributed by atoms with Gasteiger partial charge < -0.3 is 4.57 Å². The van der Waals surface area contributed by atoms with Gasteiger partial charge in [0.2, 0.25) is 5.78 Å². The molecule has 0 radical (unpaired) electrons. The highest BCUT2D eigenvalue weighted by Crippen LogP contribution is 2.19. The van der Waals surface area contributed by atoms with E-state index in [-0.39, 0.29) is 11.2 Å². The SMILES string of the molecule is Cc1ccc(C)c(Cn2c(C)cn3c4c(=O)n(C)c(=O)n(C)c4nc23)c1. The molecule has 0 aliphatic rings. The number of hydrogen-bond donors (Lipinski definition) is 0. The molecule has 0 amide bonds. The van der Waals surface area contributed by atoms with Gasteiger partial charge in [-0.05, 0) is 31.9 Å². The quantitative estimate of drug-likeness (QED) is 0.552. The Kier molecular flexibility index (Phi) is 3.44. The van der Waals surface area contributed by atoms with Gasteiger partial charge in [0, 0.05) is 26.0 Å². The second kappa shape index (κ2) is 5.45. The Morgan fingerprint density at radius 3 is 2.50 bits per heavy atom. The van der Waals surface area contributed by atoms with Crippen LogP contribution in [0.5, 0.6) is 0 Å². The van der Waals surface area contributed by atoms with Gasteiger partial charge in [-0.2, -0.15) is 4.98 Å². The highest BCUT2D eigenvalue weighted by molar-refractivity contribution is 5.75. The summed E-state index contributed by atoms with van der Waals surface area (Å²) in [5.74, 6) is 0.664. The molecule has 0 bridgehead atoms. The normalized spacial score (nSPS) is 11.7. The Hall–Kier alpha value is -3.09. The summed E-state index contributed by atoms with van der Waals surface area (Å²) in [6.07, 6.45) is 1.90. The van der Waals surface area contributed by atoms with Crippen LogP contribution in [-0.2, 0) is 20.6 Å². The fourth-order valence-electron chi connectivity index (χ4n) is 3.47. The van der Waals surface area contributed by atoms with Crippen LogP contribution in [-0.4, -0.2) is 23.1 Å². The average molecular weight is 351 g/mol. The van der Waals surface area contributed by atoms with Crippen LogP contribution in [0.1, 0.15) is 22.4 Å². The van der Waals surface area contributed by atoms with Crippen LogP contribution in [0.2, 0.25) is 0 Å². The fourth-order valence-corrected chi connectivity index (χ4v) is 3.47. The largest absolute Gasteiger partial charge is 0.332 e. The number of fused-ring (bicyclic) bond motifs is 3. The van der Waals surface area contributed by atoms with E-state index in [4.69, 9.17) is 0 Å². The predicted molar refractivity (Wildman–Crippen MR) is 101 cm³/mol. The first-order valence-electron chi connectivity index (χ1n) is 8.49. The minimum Gasteiger partial charge on any atom is -0.310 e. The number of hydrogen-bond acceptors (Lipinski definition) is 3. The van der Waals surface area contributed by atoms with Crippen LogP contribution in [0.3, 0.4) is 0 Å². The molecule has 0 spiro atoms. The van der Waals surface area contributed by atoms with Gasteiger partial charge in [0.25, 0.3) is 5.56 Å². The molecule has 1 aromatic carbocycles. The highest BCUT2D eigenvalue weighted by atomic mass is 16.2. The summed E-state index contributed by atoms with van der Waals surface area (Å²) in [4.78, 5) is 29.5. The minimum absolute atomic E-state index is 0.334. The Morgan fingerprint density at radius 1 is 1.04 bits per heavy atom. The van der Waals surface area contributed by atoms with Crippen molar-refractivity contribution in [2.24, 2.45) is 14.1 Å². The van der Waals surface area contributed by atoms with E-state index in [1.165, 1.54) is 28.3 Å². The Morgan fingerprint density at radius 2 is 1.77 bits per heavy atom. The van der Waals surface area contributed by atoms with Crippen LogP contribution in [0.15, 0.2) is 34.0 Å². The van der Waals surface area contributed by atoms with Gasteiger partial charge in [-0.15, -0.1) is 0 Å². The van der Waals surface area contributed by atoms with Crippen LogP contribution in [0.25, 0.3) is 16.9 Å². The molecule has 3 heterocycles. The molecule has 3 aromatic heterocycles. The van der Waals surface area contributed by atoms with E-state index >= 15 is 0 Å². The van der Waals surface area contributed by atoms with Crippen LogP contribution in [0, 0.1) is 20.8 Å². The number of imidazole rings is 2. The molecule has 0 unspecified atom stereocenters. The lowest BCUT2D eigenvalue weighted by atomic mass is 10.1. The third-order valence-electron chi connectivity index (χ3n) is 5.09. The van der Waals surface area contributed by atoms with Crippen molar-refractivity contribution in [2.45, 2.75) is 27.3 Å². The van der Waals surface area contributed by atoms with Gasteiger partial charge in [0.15, 0.2) is 11.2 Å². The van der Waals surface area contributed by atoms with Crippen molar-refractivity contribution in [1.82, 2.24) is 23.1 Å². The highest BCUT2D eigenvalue weighted by Gasteiger charge is 2.19.